The molecule has 0 fully saturated rings. The highest BCUT2D eigenvalue weighted by molar-refractivity contribution is 5.98. The Labute approximate surface area is 182 Å². The second-order valence-electron chi connectivity index (χ2n) is 7.86. The maximum absolute atomic E-state index is 13.1. The van der Waals surface area contributed by atoms with Crippen LogP contribution in [0.3, 0.4) is 0 Å². The Balaban J connectivity index is 1.41. The molecule has 2 aromatic carbocycles. The normalized spacial score (nSPS) is 13.9. The van der Waals surface area contributed by atoms with Crippen LogP contribution in [0.1, 0.15) is 27.2 Å². The van der Waals surface area contributed by atoms with Gasteiger partial charge in [-0.05, 0) is 42.8 Å². The van der Waals surface area contributed by atoms with Crippen LogP contribution >= 0.6 is 0 Å². The zero-order chi connectivity index (χ0) is 22.5. The predicted octanol–water partition coefficient (Wildman–Crippen LogP) is 4.85. The lowest BCUT2D eigenvalue weighted by molar-refractivity contribution is -0.137. The molecular weight excluding hydrogens is 417 g/mol. The molecule has 0 spiro atoms. The van der Waals surface area contributed by atoms with E-state index >= 15 is 0 Å². The van der Waals surface area contributed by atoms with Gasteiger partial charge in [0.2, 0.25) is 0 Å². The topological polar surface area (TPSA) is 51.0 Å². The van der Waals surface area contributed by atoms with E-state index in [0.717, 1.165) is 40.0 Å². The molecule has 3 heterocycles. The van der Waals surface area contributed by atoms with Crippen LogP contribution in [0.4, 0.5) is 13.2 Å². The summed E-state index contributed by atoms with van der Waals surface area (Å²) in [7, 11) is 1.77. The summed E-state index contributed by atoms with van der Waals surface area (Å²) in [6.07, 6.45) is -2.07. The van der Waals surface area contributed by atoms with E-state index in [-0.39, 0.29) is 5.91 Å². The van der Waals surface area contributed by atoms with Gasteiger partial charge in [-0.1, -0.05) is 18.2 Å². The van der Waals surface area contributed by atoms with Gasteiger partial charge in [-0.2, -0.15) is 18.3 Å². The minimum atomic E-state index is -4.37. The van der Waals surface area contributed by atoms with Gasteiger partial charge in [0.1, 0.15) is 0 Å². The molecule has 5 nitrogen and oxygen atoms in total. The van der Waals surface area contributed by atoms with Gasteiger partial charge in [0.05, 0.1) is 29.0 Å². The number of rotatable bonds is 2. The van der Waals surface area contributed by atoms with Crippen molar-refractivity contribution in [2.75, 3.05) is 6.54 Å². The highest BCUT2D eigenvalue weighted by atomic mass is 19.4. The number of benzene rings is 2. The van der Waals surface area contributed by atoms with Crippen molar-refractivity contribution < 1.29 is 18.0 Å². The lowest BCUT2D eigenvalue weighted by atomic mass is 9.98. The summed E-state index contributed by atoms with van der Waals surface area (Å²) >= 11 is 0. The fourth-order valence-corrected chi connectivity index (χ4v) is 4.26. The van der Waals surface area contributed by atoms with Crippen LogP contribution in [0, 0.1) is 0 Å². The second kappa shape index (κ2) is 7.47. The van der Waals surface area contributed by atoms with Crippen molar-refractivity contribution in [3.63, 3.8) is 0 Å². The SMILES string of the molecule is Cn1nc2c(c1-c1ccc(C(F)(F)F)cc1)CCN(C(=O)c1ccc3ncccc3c1)C2. The zero-order valence-electron chi connectivity index (χ0n) is 17.2. The van der Waals surface area contributed by atoms with Crippen molar-refractivity contribution in [2.45, 2.75) is 19.1 Å². The summed E-state index contributed by atoms with van der Waals surface area (Å²) < 4.78 is 40.4. The molecule has 0 saturated heterocycles. The molecule has 4 aromatic rings. The molecule has 1 amide bonds. The monoisotopic (exact) mass is 436 g/mol. The van der Waals surface area contributed by atoms with Gasteiger partial charge in [0.15, 0.2) is 0 Å². The number of pyridine rings is 1. The van der Waals surface area contributed by atoms with Crippen molar-refractivity contribution in [3.8, 4) is 11.3 Å². The first-order valence-corrected chi connectivity index (χ1v) is 10.2. The van der Waals surface area contributed by atoms with E-state index in [1.54, 1.807) is 28.9 Å². The van der Waals surface area contributed by atoms with Gasteiger partial charge < -0.3 is 4.90 Å². The maximum atomic E-state index is 13.1. The Morgan fingerprint density at radius 2 is 1.84 bits per heavy atom. The lowest BCUT2D eigenvalue weighted by Crippen LogP contribution is -2.36. The van der Waals surface area contributed by atoms with Crippen LogP contribution in [0.5, 0.6) is 0 Å². The van der Waals surface area contributed by atoms with E-state index in [1.807, 2.05) is 24.3 Å². The quantitative estimate of drug-likeness (QED) is 0.451. The van der Waals surface area contributed by atoms with E-state index in [4.69, 9.17) is 0 Å². The number of alkyl halides is 3. The van der Waals surface area contributed by atoms with Crippen molar-refractivity contribution in [3.05, 3.63) is 83.2 Å². The number of carbonyl (C=O) groups excluding carboxylic acids is 1. The van der Waals surface area contributed by atoms with Gasteiger partial charge in [-0.25, -0.2) is 0 Å². The fourth-order valence-electron chi connectivity index (χ4n) is 4.26. The highest BCUT2D eigenvalue weighted by Crippen LogP contribution is 2.34. The Hall–Kier alpha value is -3.68. The molecule has 1 aliphatic heterocycles. The van der Waals surface area contributed by atoms with Crippen LogP contribution in [0.2, 0.25) is 0 Å². The third-order valence-electron chi connectivity index (χ3n) is 5.82. The fraction of sp³-hybridized carbons (Fsp3) is 0.208. The molecule has 1 aliphatic rings. The molecule has 0 atom stereocenters. The number of hydrogen-bond acceptors (Lipinski definition) is 3. The molecule has 0 unspecified atom stereocenters. The summed E-state index contributed by atoms with van der Waals surface area (Å²) in [5, 5.41) is 5.47. The molecule has 0 aliphatic carbocycles. The Kier molecular flexibility index (Phi) is 4.73. The van der Waals surface area contributed by atoms with Crippen molar-refractivity contribution in [2.24, 2.45) is 7.05 Å². The average Bonchev–Trinajstić information content (AvgIpc) is 3.12. The van der Waals surface area contributed by atoms with Crippen LogP contribution < -0.4 is 0 Å². The van der Waals surface area contributed by atoms with Gasteiger partial charge in [-0.3, -0.25) is 14.5 Å². The lowest BCUT2D eigenvalue weighted by Gasteiger charge is -2.27. The van der Waals surface area contributed by atoms with Crippen LogP contribution in [0.25, 0.3) is 22.2 Å². The van der Waals surface area contributed by atoms with Gasteiger partial charge in [-0.15, -0.1) is 0 Å². The molecule has 32 heavy (non-hydrogen) atoms. The molecule has 0 saturated carbocycles. The Morgan fingerprint density at radius 3 is 2.59 bits per heavy atom. The largest absolute Gasteiger partial charge is 0.416 e. The predicted molar refractivity (Wildman–Crippen MR) is 114 cm³/mol. The Morgan fingerprint density at radius 1 is 1.06 bits per heavy atom. The number of aryl methyl sites for hydroxylation is 1. The number of carbonyl (C=O) groups is 1. The molecule has 162 valence electrons. The summed E-state index contributed by atoms with van der Waals surface area (Å²) in [5.74, 6) is -0.0804. The molecule has 5 rings (SSSR count). The molecule has 2 aromatic heterocycles. The van der Waals surface area contributed by atoms with Crippen LogP contribution in [0.15, 0.2) is 60.8 Å². The molecule has 0 bridgehead atoms. The first-order chi connectivity index (χ1) is 15.3. The Bertz CT molecular complexity index is 1330. The highest BCUT2D eigenvalue weighted by Gasteiger charge is 2.31. The van der Waals surface area contributed by atoms with E-state index in [2.05, 4.69) is 10.1 Å². The minimum absolute atomic E-state index is 0.0804. The number of fused-ring (bicyclic) bond motifs is 2. The number of halogens is 3. The third kappa shape index (κ3) is 3.51. The zero-order valence-corrected chi connectivity index (χ0v) is 17.2. The number of aromatic nitrogens is 3. The van der Waals surface area contributed by atoms with Crippen molar-refractivity contribution in [1.29, 1.82) is 0 Å². The summed E-state index contributed by atoms with van der Waals surface area (Å²) in [6, 6.07) is 14.3. The summed E-state index contributed by atoms with van der Waals surface area (Å²) in [5.41, 5.74) is 3.94. The summed E-state index contributed by atoms with van der Waals surface area (Å²) in [6.45, 7) is 0.865. The second-order valence-corrected chi connectivity index (χ2v) is 7.86. The van der Waals surface area contributed by atoms with Gasteiger partial charge >= 0.3 is 6.18 Å². The number of nitrogens with zero attached hydrogens (tertiary/aromatic N) is 4. The molecule has 0 N–H and O–H groups in total. The molecule has 0 radical (unpaired) electrons. The number of amides is 1. The smallest absolute Gasteiger partial charge is 0.332 e. The standard InChI is InChI=1S/C24H19F3N4O/c1-30-22(15-4-7-18(8-5-15)24(25,26)27)19-10-12-31(14-21(19)29-30)23(32)17-6-9-20-16(13-17)3-2-11-28-20/h2-9,11,13H,10,12,14H2,1H3. The first kappa shape index (κ1) is 20.2. The number of hydrogen-bond donors (Lipinski definition) is 0. The first-order valence-electron chi connectivity index (χ1n) is 10.2. The molecular formula is C24H19F3N4O. The average molecular weight is 436 g/mol. The molecule has 8 heteroatoms. The third-order valence-corrected chi connectivity index (χ3v) is 5.82. The van der Waals surface area contributed by atoms with E-state index < -0.39 is 11.7 Å². The van der Waals surface area contributed by atoms with Crippen LogP contribution in [-0.2, 0) is 26.2 Å². The maximum Gasteiger partial charge on any atom is 0.416 e. The van der Waals surface area contributed by atoms with E-state index in [0.29, 0.717) is 30.6 Å². The van der Waals surface area contributed by atoms with E-state index in [1.165, 1.54) is 12.1 Å². The van der Waals surface area contributed by atoms with Crippen molar-refractivity contribution in [1.82, 2.24) is 19.7 Å². The summed E-state index contributed by atoms with van der Waals surface area (Å²) in [4.78, 5) is 19.1. The van der Waals surface area contributed by atoms with Gasteiger partial charge in [0, 0.05) is 41.9 Å². The van der Waals surface area contributed by atoms with Crippen LogP contribution in [-0.4, -0.2) is 32.1 Å². The van der Waals surface area contributed by atoms with Crippen molar-refractivity contribution >= 4 is 16.8 Å². The van der Waals surface area contributed by atoms with E-state index in [9.17, 15) is 18.0 Å². The minimum Gasteiger partial charge on any atom is -0.332 e. The van der Waals surface area contributed by atoms with Gasteiger partial charge in [0.25, 0.3) is 5.91 Å².